The van der Waals surface area contributed by atoms with Crippen LogP contribution < -0.4 is 9.46 Å². The molecule has 10 nitrogen and oxygen atoms in total. The van der Waals surface area contributed by atoms with Crippen molar-refractivity contribution >= 4 is 21.6 Å². The monoisotopic (exact) mass is 479 g/mol. The smallest absolute Gasteiger partial charge is 0.280 e. The van der Waals surface area contributed by atoms with Gasteiger partial charge >= 0.3 is 0 Å². The minimum atomic E-state index is -3.90. The number of ether oxygens (including phenoxy) is 2. The summed E-state index contributed by atoms with van der Waals surface area (Å²) < 4.78 is 41.1. The van der Waals surface area contributed by atoms with Crippen LogP contribution in [0.15, 0.2) is 35.7 Å². The van der Waals surface area contributed by atoms with Gasteiger partial charge in [0.2, 0.25) is 0 Å². The zero-order valence-corrected chi connectivity index (χ0v) is 20.8. The number of fused-ring (bicyclic) bond motifs is 1. The van der Waals surface area contributed by atoms with E-state index in [1.54, 1.807) is 42.8 Å². The van der Waals surface area contributed by atoms with Crippen LogP contribution in [0.1, 0.15) is 24.2 Å². The van der Waals surface area contributed by atoms with Crippen molar-refractivity contribution in [2.24, 2.45) is 13.0 Å². The van der Waals surface area contributed by atoms with Gasteiger partial charge in [0.25, 0.3) is 15.9 Å². The molecule has 1 aliphatic heterocycles. The summed E-state index contributed by atoms with van der Waals surface area (Å²) in [5.74, 6) is 0.309. The lowest BCUT2D eigenvalue weighted by Gasteiger charge is -2.34. The van der Waals surface area contributed by atoms with Crippen LogP contribution in [-0.2, 0) is 21.8 Å². The van der Waals surface area contributed by atoms with Crippen LogP contribution in [0.5, 0.6) is 5.75 Å². The second-order valence-corrected chi connectivity index (χ2v) is 10.4. The first kappa shape index (κ1) is 25.0. The number of rotatable bonds is 4. The number of carbonyl (C=O) groups excluding carboxylic acids is 1. The summed E-state index contributed by atoms with van der Waals surface area (Å²) >= 11 is 0. The molecule has 3 rings (SSSR count). The van der Waals surface area contributed by atoms with Gasteiger partial charge in [0.15, 0.2) is 5.03 Å². The Hall–Kier alpha value is -2.63. The number of imidazole rings is 1. The van der Waals surface area contributed by atoms with E-state index >= 15 is 0 Å². The van der Waals surface area contributed by atoms with Gasteiger partial charge in [-0.05, 0) is 38.1 Å². The van der Waals surface area contributed by atoms with Crippen molar-refractivity contribution < 1.29 is 22.7 Å². The number of hydrogen-bond acceptors (Lipinski definition) is 7. The lowest BCUT2D eigenvalue weighted by molar-refractivity contribution is 0.0150. The summed E-state index contributed by atoms with van der Waals surface area (Å²) in [5, 5.41) is -0.105. The van der Waals surface area contributed by atoms with E-state index < -0.39 is 10.0 Å². The maximum Gasteiger partial charge on any atom is 0.280 e. The Morgan fingerprint density at radius 1 is 1.18 bits per heavy atom. The Labute approximate surface area is 195 Å². The van der Waals surface area contributed by atoms with Gasteiger partial charge in [-0.15, -0.1) is 0 Å². The molecule has 2 aromatic rings. The average molecular weight is 480 g/mol. The average Bonchev–Trinajstić information content (AvgIpc) is 3.21. The fraction of sp³-hybridized carbons (Fsp3) is 0.545. The Kier molecular flexibility index (Phi) is 7.65. The van der Waals surface area contributed by atoms with Crippen molar-refractivity contribution in [3.8, 4) is 5.75 Å². The quantitative estimate of drug-likeness (QED) is 0.711. The van der Waals surface area contributed by atoms with E-state index in [0.717, 1.165) is 6.54 Å². The SMILES string of the molecule is CO[C@@H]1CN(C)C(=O)c2cc(NS(=O)(=O)c3cn(C)cn3)ccc2OC[C@@H](C)N(C)C[C@H]1C. The van der Waals surface area contributed by atoms with Crippen LogP contribution in [0.2, 0.25) is 0 Å². The van der Waals surface area contributed by atoms with Crippen molar-refractivity contribution in [1.82, 2.24) is 19.4 Å². The summed E-state index contributed by atoms with van der Waals surface area (Å²) in [6.45, 7) is 5.72. The molecule has 0 saturated carbocycles. The summed E-state index contributed by atoms with van der Waals surface area (Å²) in [7, 11) is 3.17. The van der Waals surface area contributed by atoms with Gasteiger partial charge in [-0.25, -0.2) is 4.98 Å². The topological polar surface area (TPSA) is 106 Å². The number of benzene rings is 1. The first-order valence-corrected chi connectivity index (χ1v) is 12.3. The normalized spacial score (nSPS) is 23.3. The summed E-state index contributed by atoms with van der Waals surface area (Å²) in [5.41, 5.74) is 0.523. The molecule has 0 aliphatic carbocycles. The molecule has 33 heavy (non-hydrogen) atoms. The Morgan fingerprint density at radius 2 is 1.91 bits per heavy atom. The van der Waals surface area contributed by atoms with Crippen molar-refractivity contribution in [1.29, 1.82) is 0 Å². The second-order valence-electron chi connectivity index (χ2n) is 8.73. The minimum Gasteiger partial charge on any atom is -0.491 e. The van der Waals surface area contributed by atoms with Gasteiger partial charge < -0.3 is 18.9 Å². The molecule has 1 N–H and O–H groups in total. The molecule has 0 fully saturated rings. The van der Waals surface area contributed by atoms with E-state index in [1.807, 2.05) is 7.05 Å². The lowest BCUT2D eigenvalue weighted by Crippen LogP contribution is -2.45. The van der Waals surface area contributed by atoms with Crippen molar-refractivity contribution in [2.45, 2.75) is 31.0 Å². The molecule has 0 unspecified atom stereocenters. The minimum absolute atomic E-state index is 0.104. The fourth-order valence-corrected chi connectivity index (χ4v) is 4.79. The van der Waals surface area contributed by atoms with E-state index in [0.29, 0.717) is 18.9 Å². The number of hydrogen-bond donors (Lipinski definition) is 1. The number of aryl methyl sites for hydroxylation is 1. The largest absolute Gasteiger partial charge is 0.491 e. The van der Waals surface area contributed by atoms with E-state index in [9.17, 15) is 13.2 Å². The van der Waals surface area contributed by atoms with E-state index in [1.165, 1.54) is 18.6 Å². The number of anilines is 1. The number of nitrogens with zero attached hydrogens (tertiary/aromatic N) is 4. The van der Waals surface area contributed by atoms with Crippen LogP contribution in [0, 0.1) is 5.92 Å². The number of aromatic nitrogens is 2. The van der Waals surface area contributed by atoms with Gasteiger partial charge in [0.1, 0.15) is 12.4 Å². The van der Waals surface area contributed by atoms with Crippen LogP contribution in [-0.4, -0.2) is 86.7 Å². The predicted octanol–water partition coefficient (Wildman–Crippen LogP) is 1.66. The zero-order chi connectivity index (χ0) is 24.3. The third-order valence-electron chi connectivity index (χ3n) is 5.97. The fourth-order valence-electron chi connectivity index (χ4n) is 3.76. The third kappa shape index (κ3) is 5.84. The molecule has 0 spiro atoms. The highest BCUT2D eigenvalue weighted by molar-refractivity contribution is 7.92. The maximum atomic E-state index is 13.3. The molecule has 182 valence electrons. The number of amides is 1. The Balaban J connectivity index is 1.95. The van der Waals surface area contributed by atoms with Crippen LogP contribution in [0.4, 0.5) is 5.69 Å². The predicted molar refractivity (Wildman–Crippen MR) is 125 cm³/mol. The summed E-state index contributed by atoms with van der Waals surface area (Å²) in [6, 6.07) is 4.80. The first-order chi connectivity index (χ1) is 15.5. The molecule has 3 atom stereocenters. The number of sulfonamides is 1. The van der Waals surface area contributed by atoms with Gasteiger partial charge in [0, 0.05) is 52.2 Å². The van der Waals surface area contributed by atoms with Gasteiger partial charge in [-0.3, -0.25) is 14.4 Å². The molecule has 0 bridgehead atoms. The van der Waals surface area contributed by atoms with Crippen molar-refractivity contribution in [3.63, 3.8) is 0 Å². The molecule has 11 heteroatoms. The first-order valence-electron chi connectivity index (χ1n) is 10.8. The molecule has 1 aliphatic rings. The molecule has 1 aromatic carbocycles. The highest BCUT2D eigenvalue weighted by atomic mass is 32.2. The van der Waals surface area contributed by atoms with E-state index in [2.05, 4.69) is 28.5 Å². The highest BCUT2D eigenvalue weighted by Gasteiger charge is 2.27. The zero-order valence-electron chi connectivity index (χ0n) is 20.0. The third-order valence-corrected chi connectivity index (χ3v) is 7.23. The Bertz CT molecular complexity index is 1090. The molecular formula is C22H33N5O5S. The number of nitrogens with one attached hydrogen (secondary N) is 1. The molecule has 0 saturated heterocycles. The van der Waals surface area contributed by atoms with Crippen molar-refractivity contribution in [2.75, 3.05) is 45.6 Å². The van der Waals surface area contributed by atoms with Crippen LogP contribution >= 0.6 is 0 Å². The molecule has 2 heterocycles. The van der Waals surface area contributed by atoms with E-state index in [-0.39, 0.29) is 40.2 Å². The standard InChI is InChI=1S/C22H33N5O5S/c1-15-10-26(4)16(2)13-32-19-8-7-17(24-33(29,30)21-12-25(3)14-23-21)9-18(19)22(28)27(5)11-20(15)31-6/h7-9,12,14-16,20,24H,10-11,13H2,1-6H3/t15-,16-,20-/m1/s1. The van der Waals surface area contributed by atoms with Crippen LogP contribution in [0.3, 0.4) is 0 Å². The maximum absolute atomic E-state index is 13.3. The molecule has 1 amide bonds. The van der Waals surface area contributed by atoms with Gasteiger partial charge in [-0.1, -0.05) is 6.92 Å². The Morgan fingerprint density at radius 3 is 2.55 bits per heavy atom. The van der Waals surface area contributed by atoms with Crippen LogP contribution in [0.25, 0.3) is 0 Å². The van der Waals surface area contributed by atoms with E-state index in [4.69, 9.17) is 9.47 Å². The van der Waals surface area contributed by atoms with Gasteiger partial charge in [-0.2, -0.15) is 8.42 Å². The highest BCUT2D eigenvalue weighted by Crippen LogP contribution is 2.27. The molecule has 1 aromatic heterocycles. The summed E-state index contributed by atoms with van der Waals surface area (Å²) in [6.07, 6.45) is 2.66. The number of methoxy groups -OCH3 is 1. The molecular weight excluding hydrogens is 446 g/mol. The summed E-state index contributed by atoms with van der Waals surface area (Å²) in [4.78, 5) is 21.0. The van der Waals surface area contributed by atoms with Gasteiger partial charge in [0.05, 0.1) is 18.0 Å². The number of likely N-dealkylation sites (N-methyl/N-ethyl adjacent to an activating group) is 2. The molecule has 0 radical (unpaired) electrons. The number of carbonyl (C=O) groups is 1. The second kappa shape index (κ2) is 10.1. The lowest BCUT2D eigenvalue weighted by atomic mass is 10.0. The van der Waals surface area contributed by atoms with Crippen molar-refractivity contribution in [3.05, 3.63) is 36.3 Å².